The fourth-order valence-corrected chi connectivity index (χ4v) is 2.97. The first kappa shape index (κ1) is 17.3. The molecule has 0 spiro atoms. The molecule has 2 aromatic rings. The zero-order valence-electron chi connectivity index (χ0n) is 13.6. The summed E-state index contributed by atoms with van der Waals surface area (Å²) in [6, 6.07) is 6.71. The van der Waals surface area contributed by atoms with Crippen LogP contribution in [0.1, 0.15) is 35.2 Å². The fourth-order valence-electron chi connectivity index (χ4n) is 2.52. The van der Waals surface area contributed by atoms with Gasteiger partial charge in [-0.1, -0.05) is 15.9 Å². The number of nitro benzene ring substituents is 1. The molecule has 0 aliphatic heterocycles. The number of amides is 1. The number of anilines is 2. The Morgan fingerprint density at radius 1 is 1.36 bits per heavy atom. The van der Waals surface area contributed by atoms with E-state index in [2.05, 4.69) is 31.5 Å². The molecule has 8 heteroatoms. The van der Waals surface area contributed by atoms with Gasteiger partial charge in [0.2, 0.25) is 0 Å². The van der Waals surface area contributed by atoms with Gasteiger partial charge in [0.05, 0.1) is 22.4 Å². The van der Waals surface area contributed by atoms with Crippen molar-refractivity contribution in [1.82, 2.24) is 4.98 Å². The number of carbonyl (C=O) groups excluding carboxylic acids is 1. The standard InChI is InChI=1S/C17H17BrN4O3/c1-10-14(7-13(22(24)25)8-15(10)18)17(23)21-12-5-6-16(19-9-12)20-11-3-2-4-11/h5-9,11H,2-4H2,1H3,(H,19,20)(H,21,23). The molecule has 1 aliphatic rings. The number of nitrogens with zero attached hydrogens (tertiary/aromatic N) is 2. The summed E-state index contributed by atoms with van der Waals surface area (Å²) in [4.78, 5) is 27.2. The highest BCUT2D eigenvalue weighted by atomic mass is 79.9. The Morgan fingerprint density at radius 2 is 2.12 bits per heavy atom. The highest BCUT2D eigenvalue weighted by molar-refractivity contribution is 9.10. The average Bonchev–Trinajstić information content (AvgIpc) is 2.54. The molecule has 0 atom stereocenters. The van der Waals surface area contributed by atoms with Gasteiger partial charge in [0.25, 0.3) is 11.6 Å². The van der Waals surface area contributed by atoms with E-state index in [4.69, 9.17) is 0 Å². The van der Waals surface area contributed by atoms with Crippen molar-refractivity contribution in [2.45, 2.75) is 32.2 Å². The summed E-state index contributed by atoms with van der Waals surface area (Å²) in [5.74, 6) is 0.361. The maximum atomic E-state index is 12.5. The first-order valence-electron chi connectivity index (χ1n) is 7.92. The number of halogens is 1. The number of hydrogen-bond acceptors (Lipinski definition) is 5. The Kier molecular flexibility index (Phi) is 4.98. The molecule has 2 N–H and O–H groups in total. The van der Waals surface area contributed by atoms with Crippen molar-refractivity contribution in [3.05, 3.63) is 56.2 Å². The van der Waals surface area contributed by atoms with Gasteiger partial charge in [-0.25, -0.2) is 4.98 Å². The summed E-state index contributed by atoms with van der Waals surface area (Å²) in [7, 11) is 0. The van der Waals surface area contributed by atoms with Crippen LogP contribution in [0.3, 0.4) is 0 Å². The number of carbonyl (C=O) groups is 1. The van der Waals surface area contributed by atoms with E-state index in [1.165, 1.54) is 18.6 Å². The van der Waals surface area contributed by atoms with Crippen molar-refractivity contribution in [2.24, 2.45) is 0 Å². The van der Waals surface area contributed by atoms with Crippen LogP contribution in [0.25, 0.3) is 0 Å². The summed E-state index contributed by atoms with van der Waals surface area (Å²) in [5, 5.41) is 17.0. The molecule has 1 aromatic heterocycles. The van der Waals surface area contributed by atoms with Crippen LogP contribution in [-0.4, -0.2) is 21.9 Å². The van der Waals surface area contributed by atoms with E-state index in [1.807, 2.05) is 6.07 Å². The summed E-state index contributed by atoms with van der Waals surface area (Å²) < 4.78 is 0.519. The zero-order valence-corrected chi connectivity index (χ0v) is 15.2. The van der Waals surface area contributed by atoms with Crippen molar-refractivity contribution in [1.29, 1.82) is 0 Å². The van der Waals surface area contributed by atoms with Gasteiger partial charge in [-0.15, -0.1) is 0 Å². The first-order chi connectivity index (χ1) is 11.9. The Morgan fingerprint density at radius 3 is 2.68 bits per heavy atom. The molecule has 130 valence electrons. The minimum atomic E-state index is -0.524. The number of non-ortho nitro benzene ring substituents is 1. The third kappa shape index (κ3) is 3.96. The average molecular weight is 405 g/mol. The van der Waals surface area contributed by atoms with E-state index in [0.29, 0.717) is 21.8 Å². The van der Waals surface area contributed by atoms with Gasteiger partial charge < -0.3 is 10.6 Å². The fraction of sp³-hybridized carbons (Fsp3) is 0.294. The Balaban J connectivity index is 1.74. The van der Waals surface area contributed by atoms with Crippen molar-refractivity contribution in [2.75, 3.05) is 10.6 Å². The summed E-state index contributed by atoms with van der Waals surface area (Å²) in [5.41, 5.74) is 1.28. The molecule has 0 saturated heterocycles. The number of nitro groups is 1. The number of aromatic nitrogens is 1. The third-order valence-electron chi connectivity index (χ3n) is 4.26. The minimum absolute atomic E-state index is 0.138. The molecule has 0 unspecified atom stereocenters. The van der Waals surface area contributed by atoms with Gasteiger partial charge in [-0.05, 0) is 43.9 Å². The van der Waals surface area contributed by atoms with Crippen molar-refractivity contribution >= 4 is 39.0 Å². The normalized spacial score (nSPS) is 13.8. The molecule has 1 saturated carbocycles. The van der Waals surface area contributed by atoms with Gasteiger partial charge >= 0.3 is 0 Å². The molecular weight excluding hydrogens is 388 g/mol. The molecule has 1 heterocycles. The van der Waals surface area contributed by atoms with E-state index in [0.717, 1.165) is 18.7 Å². The highest BCUT2D eigenvalue weighted by Crippen LogP contribution is 2.27. The first-order valence-corrected chi connectivity index (χ1v) is 8.72. The van der Waals surface area contributed by atoms with Crippen LogP contribution in [-0.2, 0) is 0 Å². The van der Waals surface area contributed by atoms with Gasteiger partial charge in [-0.3, -0.25) is 14.9 Å². The number of nitrogens with one attached hydrogen (secondary N) is 2. The lowest BCUT2D eigenvalue weighted by molar-refractivity contribution is -0.385. The predicted octanol–water partition coefficient (Wildman–Crippen LogP) is 4.28. The lowest BCUT2D eigenvalue weighted by Gasteiger charge is -2.26. The van der Waals surface area contributed by atoms with Crippen LogP contribution in [0.5, 0.6) is 0 Å². The topological polar surface area (TPSA) is 97.2 Å². The van der Waals surface area contributed by atoms with E-state index >= 15 is 0 Å². The van der Waals surface area contributed by atoms with E-state index in [1.54, 1.807) is 19.2 Å². The third-order valence-corrected chi connectivity index (χ3v) is 5.09. The summed E-state index contributed by atoms with van der Waals surface area (Å²) in [6.45, 7) is 1.73. The van der Waals surface area contributed by atoms with Gasteiger partial charge in [0.1, 0.15) is 5.82 Å². The molecule has 0 radical (unpaired) electrons. The SMILES string of the molecule is Cc1c(Br)cc([N+](=O)[O-])cc1C(=O)Nc1ccc(NC2CCC2)nc1. The van der Waals surface area contributed by atoms with Crippen LogP contribution in [0.4, 0.5) is 17.2 Å². The van der Waals surface area contributed by atoms with E-state index < -0.39 is 10.8 Å². The Labute approximate surface area is 153 Å². The lowest BCUT2D eigenvalue weighted by atomic mass is 9.93. The number of benzene rings is 1. The summed E-state index contributed by atoms with van der Waals surface area (Å²) in [6.07, 6.45) is 5.12. The van der Waals surface area contributed by atoms with Crippen LogP contribution < -0.4 is 10.6 Å². The van der Waals surface area contributed by atoms with Crippen LogP contribution >= 0.6 is 15.9 Å². The van der Waals surface area contributed by atoms with Crippen LogP contribution in [0.15, 0.2) is 34.9 Å². The van der Waals surface area contributed by atoms with Gasteiger partial charge in [-0.2, -0.15) is 0 Å². The van der Waals surface area contributed by atoms with Crippen LogP contribution in [0, 0.1) is 17.0 Å². The highest BCUT2D eigenvalue weighted by Gasteiger charge is 2.19. The molecule has 1 aromatic carbocycles. The molecule has 1 amide bonds. The van der Waals surface area contributed by atoms with E-state index in [-0.39, 0.29) is 11.3 Å². The second-order valence-corrected chi connectivity index (χ2v) is 6.87. The molecule has 1 aliphatic carbocycles. The minimum Gasteiger partial charge on any atom is -0.367 e. The monoisotopic (exact) mass is 404 g/mol. The van der Waals surface area contributed by atoms with Gasteiger partial charge in [0, 0.05) is 22.6 Å². The van der Waals surface area contributed by atoms with Crippen molar-refractivity contribution in [3.8, 4) is 0 Å². The largest absolute Gasteiger partial charge is 0.367 e. The van der Waals surface area contributed by atoms with Gasteiger partial charge in [0.15, 0.2) is 0 Å². The molecule has 25 heavy (non-hydrogen) atoms. The number of rotatable bonds is 5. The Bertz CT molecular complexity index is 819. The van der Waals surface area contributed by atoms with Crippen molar-refractivity contribution < 1.29 is 9.72 Å². The van der Waals surface area contributed by atoms with Crippen molar-refractivity contribution in [3.63, 3.8) is 0 Å². The molecule has 0 bridgehead atoms. The lowest BCUT2D eigenvalue weighted by Crippen LogP contribution is -2.27. The smallest absolute Gasteiger partial charge is 0.271 e. The maximum absolute atomic E-state index is 12.5. The summed E-state index contributed by atoms with van der Waals surface area (Å²) >= 11 is 3.26. The molecule has 1 fully saturated rings. The van der Waals surface area contributed by atoms with E-state index in [9.17, 15) is 14.9 Å². The second-order valence-electron chi connectivity index (χ2n) is 6.02. The molecule has 3 rings (SSSR count). The maximum Gasteiger partial charge on any atom is 0.271 e. The number of pyridine rings is 1. The van der Waals surface area contributed by atoms with Crippen LogP contribution in [0.2, 0.25) is 0 Å². The second kappa shape index (κ2) is 7.18. The predicted molar refractivity (Wildman–Crippen MR) is 99.0 cm³/mol. The molecular formula is C17H17BrN4O3. The Hall–Kier alpha value is -2.48. The molecule has 7 nitrogen and oxygen atoms in total. The zero-order chi connectivity index (χ0) is 18.0. The number of hydrogen-bond donors (Lipinski definition) is 2. The quantitative estimate of drug-likeness (QED) is 0.572.